The number of aliphatic carboxylic acids is 1. The molecule has 2 rings (SSSR count). The molecule has 2 aromatic heterocycles. The van der Waals surface area contributed by atoms with Crippen LogP contribution in [0.2, 0.25) is 0 Å². The molecule has 21 heavy (non-hydrogen) atoms. The first kappa shape index (κ1) is 15.1. The van der Waals surface area contributed by atoms with E-state index in [1.807, 2.05) is 17.5 Å². The van der Waals surface area contributed by atoms with E-state index < -0.39 is 17.9 Å². The SMILES string of the molecule is COCC(NC(=O)Cn1nnc(-c2cccs2)n1)C(=O)O. The summed E-state index contributed by atoms with van der Waals surface area (Å²) < 4.78 is 4.72. The number of rotatable bonds is 7. The number of amides is 1. The molecule has 0 fully saturated rings. The number of methoxy groups -OCH3 is 1. The molecule has 0 aliphatic heterocycles. The van der Waals surface area contributed by atoms with Crippen molar-refractivity contribution < 1.29 is 19.4 Å². The van der Waals surface area contributed by atoms with E-state index in [1.54, 1.807) is 0 Å². The first-order chi connectivity index (χ1) is 10.1. The molecule has 0 spiro atoms. The van der Waals surface area contributed by atoms with Crippen LogP contribution in [-0.2, 0) is 20.9 Å². The Morgan fingerprint density at radius 3 is 3.00 bits per heavy atom. The Labute approximate surface area is 123 Å². The largest absolute Gasteiger partial charge is 0.480 e. The fraction of sp³-hybridized carbons (Fsp3) is 0.364. The van der Waals surface area contributed by atoms with Crippen LogP contribution in [0.5, 0.6) is 0 Å². The molecule has 0 saturated heterocycles. The van der Waals surface area contributed by atoms with Gasteiger partial charge in [-0.2, -0.15) is 4.80 Å². The van der Waals surface area contributed by atoms with Crippen molar-refractivity contribution in [2.75, 3.05) is 13.7 Å². The smallest absolute Gasteiger partial charge is 0.328 e. The predicted octanol–water partition coefficient (Wildman–Crippen LogP) is -0.383. The van der Waals surface area contributed by atoms with Gasteiger partial charge in [-0.25, -0.2) is 4.79 Å². The van der Waals surface area contributed by atoms with Gasteiger partial charge in [0.1, 0.15) is 6.54 Å². The molecule has 10 heteroatoms. The number of tetrazole rings is 1. The van der Waals surface area contributed by atoms with Crippen molar-refractivity contribution in [1.82, 2.24) is 25.5 Å². The molecule has 1 atom stereocenters. The quantitative estimate of drug-likeness (QED) is 0.715. The van der Waals surface area contributed by atoms with Crippen LogP contribution in [-0.4, -0.2) is 56.9 Å². The van der Waals surface area contributed by atoms with Crippen molar-refractivity contribution in [2.45, 2.75) is 12.6 Å². The highest BCUT2D eigenvalue weighted by Gasteiger charge is 2.20. The minimum Gasteiger partial charge on any atom is -0.480 e. The number of hydrogen-bond donors (Lipinski definition) is 2. The Balaban J connectivity index is 1.95. The zero-order valence-electron chi connectivity index (χ0n) is 11.1. The molecule has 1 unspecified atom stereocenters. The summed E-state index contributed by atoms with van der Waals surface area (Å²) in [5.74, 6) is -1.28. The minimum atomic E-state index is -1.17. The third-order valence-corrected chi connectivity index (χ3v) is 3.31. The standard InChI is InChI=1S/C11H13N5O4S/c1-20-6-7(11(18)19)12-9(17)5-16-14-10(13-15-16)8-3-2-4-21-8/h2-4,7H,5-6H2,1H3,(H,12,17)(H,18,19). The highest BCUT2D eigenvalue weighted by Crippen LogP contribution is 2.19. The lowest BCUT2D eigenvalue weighted by atomic mass is 10.3. The van der Waals surface area contributed by atoms with E-state index in [0.717, 1.165) is 9.67 Å². The van der Waals surface area contributed by atoms with Crippen LogP contribution in [0.25, 0.3) is 10.7 Å². The Kier molecular flexibility index (Phi) is 4.95. The molecule has 2 aromatic rings. The van der Waals surface area contributed by atoms with Crippen molar-refractivity contribution in [2.24, 2.45) is 0 Å². The monoisotopic (exact) mass is 311 g/mol. The summed E-state index contributed by atoms with van der Waals surface area (Å²) in [4.78, 5) is 24.6. The zero-order chi connectivity index (χ0) is 15.2. The number of nitrogens with one attached hydrogen (secondary N) is 1. The number of carboxylic acids is 1. The summed E-state index contributed by atoms with van der Waals surface area (Å²) >= 11 is 1.46. The molecule has 9 nitrogen and oxygen atoms in total. The van der Waals surface area contributed by atoms with Gasteiger partial charge < -0.3 is 15.2 Å². The van der Waals surface area contributed by atoms with Gasteiger partial charge in [-0.1, -0.05) is 6.07 Å². The molecule has 0 aromatic carbocycles. The van der Waals surface area contributed by atoms with Crippen molar-refractivity contribution in [1.29, 1.82) is 0 Å². The van der Waals surface area contributed by atoms with Crippen LogP contribution in [0.15, 0.2) is 17.5 Å². The number of carboxylic acid groups (broad SMARTS) is 1. The molecular weight excluding hydrogens is 298 g/mol. The van der Waals surface area contributed by atoms with Gasteiger partial charge in [0.2, 0.25) is 11.7 Å². The maximum Gasteiger partial charge on any atom is 0.328 e. The Morgan fingerprint density at radius 1 is 1.57 bits per heavy atom. The van der Waals surface area contributed by atoms with Gasteiger partial charge in [-0.15, -0.1) is 21.5 Å². The number of carbonyl (C=O) groups excluding carboxylic acids is 1. The van der Waals surface area contributed by atoms with Crippen molar-refractivity contribution in [3.8, 4) is 10.7 Å². The Bertz CT molecular complexity index is 612. The molecule has 0 aliphatic rings. The zero-order valence-corrected chi connectivity index (χ0v) is 11.9. The van der Waals surface area contributed by atoms with Gasteiger partial charge in [-0.05, 0) is 16.7 Å². The first-order valence-electron chi connectivity index (χ1n) is 5.93. The van der Waals surface area contributed by atoms with Gasteiger partial charge >= 0.3 is 5.97 Å². The second-order valence-electron chi connectivity index (χ2n) is 4.03. The van der Waals surface area contributed by atoms with Gasteiger partial charge in [0.05, 0.1) is 11.5 Å². The molecule has 1 amide bonds. The highest BCUT2D eigenvalue weighted by molar-refractivity contribution is 7.13. The average Bonchev–Trinajstić information content (AvgIpc) is 3.08. The lowest BCUT2D eigenvalue weighted by molar-refractivity contribution is -0.143. The minimum absolute atomic E-state index is 0.119. The fourth-order valence-electron chi connectivity index (χ4n) is 1.52. The third kappa shape index (κ3) is 4.07. The average molecular weight is 311 g/mol. The van der Waals surface area contributed by atoms with E-state index in [4.69, 9.17) is 9.84 Å². The molecule has 0 saturated carbocycles. The second kappa shape index (κ2) is 6.90. The maximum absolute atomic E-state index is 11.7. The van der Waals surface area contributed by atoms with Gasteiger partial charge in [0, 0.05) is 7.11 Å². The number of nitrogens with zero attached hydrogens (tertiary/aromatic N) is 4. The number of carbonyl (C=O) groups is 2. The van der Waals surface area contributed by atoms with Crippen molar-refractivity contribution >= 4 is 23.2 Å². The first-order valence-corrected chi connectivity index (χ1v) is 6.81. The van der Waals surface area contributed by atoms with Gasteiger partial charge in [0.25, 0.3) is 0 Å². The Morgan fingerprint density at radius 2 is 2.38 bits per heavy atom. The van der Waals surface area contributed by atoms with E-state index in [1.165, 1.54) is 18.4 Å². The molecule has 0 radical (unpaired) electrons. The summed E-state index contributed by atoms with van der Waals surface area (Å²) in [7, 11) is 1.36. The van der Waals surface area contributed by atoms with Crippen LogP contribution in [0.4, 0.5) is 0 Å². The summed E-state index contributed by atoms with van der Waals surface area (Å²) in [6, 6.07) is 2.59. The van der Waals surface area contributed by atoms with E-state index in [2.05, 4.69) is 20.7 Å². The van der Waals surface area contributed by atoms with Gasteiger partial charge in [-0.3, -0.25) is 4.79 Å². The van der Waals surface area contributed by atoms with Crippen LogP contribution in [0.3, 0.4) is 0 Å². The summed E-state index contributed by atoms with van der Waals surface area (Å²) in [5.41, 5.74) is 0. The van der Waals surface area contributed by atoms with Crippen molar-refractivity contribution in [3.05, 3.63) is 17.5 Å². The topological polar surface area (TPSA) is 119 Å². The number of aromatic nitrogens is 4. The molecular formula is C11H13N5O4S. The number of hydrogen-bond acceptors (Lipinski definition) is 7. The van der Waals surface area contributed by atoms with Crippen molar-refractivity contribution in [3.63, 3.8) is 0 Å². The fourth-order valence-corrected chi connectivity index (χ4v) is 2.17. The van der Waals surface area contributed by atoms with Crippen LogP contribution in [0, 0.1) is 0 Å². The van der Waals surface area contributed by atoms with Crippen LogP contribution in [0.1, 0.15) is 0 Å². The van der Waals surface area contributed by atoms with E-state index in [0.29, 0.717) is 5.82 Å². The summed E-state index contributed by atoms with van der Waals surface area (Å²) in [5, 5.41) is 24.7. The van der Waals surface area contributed by atoms with Gasteiger partial charge in [0.15, 0.2) is 6.04 Å². The van der Waals surface area contributed by atoms with Crippen LogP contribution < -0.4 is 5.32 Å². The Hall–Kier alpha value is -2.33. The molecule has 2 N–H and O–H groups in total. The molecule has 0 bridgehead atoms. The second-order valence-corrected chi connectivity index (χ2v) is 4.98. The van der Waals surface area contributed by atoms with E-state index in [-0.39, 0.29) is 13.2 Å². The van der Waals surface area contributed by atoms with E-state index >= 15 is 0 Å². The third-order valence-electron chi connectivity index (χ3n) is 2.45. The lowest BCUT2D eigenvalue weighted by Gasteiger charge is -2.12. The summed E-state index contributed by atoms with van der Waals surface area (Å²) in [6.07, 6.45) is 0. The highest BCUT2D eigenvalue weighted by atomic mass is 32.1. The number of thiophene rings is 1. The molecule has 2 heterocycles. The predicted molar refractivity (Wildman–Crippen MR) is 72.6 cm³/mol. The molecule has 0 aliphatic carbocycles. The number of ether oxygens (including phenoxy) is 1. The van der Waals surface area contributed by atoms with E-state index in [9.17, 15) is 9.59 Å². The lowest BCUT2D eigenvalue weighted by Crippen LogP contribution is -2.45. The normalized spacial score (nSPS) is 12.0. The summed E-state index contributed by atoms with van der Waals surface area (Å²) in [6.45, 7) is -0.335. The maximum atomic E-state index is 11.7. The van der Waals surface area contributed by atoms with Crippen LogP contribution >= 0.6 is 11.3 Å². The molecule has 112 valence electrons.